The van der Waals surface area contributed by atoms with Crippen LogP contribution in [0.2, 0.25) is 0 Å². The quantitative estimate of drug-likeness (QED) is 0.0236. The number of nitrogens with one attached hydrogen (secondary N) is 2. The van der Waals surface area contributed by atoms with Gasteiger partial charge in [-0.2, -0.15) is 9.97 Å². The predicted molar refractivity (Wildman–Crippen MR) is 308 cm³/mol. The predicted octanol–water partition coefficient (Wildman–Crippen LogP) is -3.35. The molecular formula is C46H62N21O22P3. The van der Waals surface area contributed by atoms with Crippen molar-refractivity contribution in [3.8, 4) is 0 Å². The topological polar surface area (TPSA) is 573 Å². The van der Waals surface area contributed by atoms with Crippen molar-refractivity contribution in [3.63, 3.8) is 0 Å². The summed E-state index contributed by atoms with van der Waals surface area (Å²) in [6.45, 7) is -3.74. The van der Waals surface area contributed by atoms with Crippen LogP contribution < -0.4 is 34.1 Å². The van der Waals surface area contributed by atoms with E-state index < -0.39 is 141 Å². The van der Waals surface area contributed by atoms with E-state index in [1.165, 1.54) is 71.7 Å². The second-order valence-electron chi connectivity index (χ2n) is 21.4. The molecule has 0 aromatic carbocycles. The monoisotopic (exact) mass is 1350 g/mol. The first kappa shape index (κ1) is 65.2. The molecule has 0 saturated carbocycles. The molecule has 43 nitrogen and oxygen atoms in total. The van der Waals surface area contributed by atoms with Crippen LogP contribution in [0, 0.1) is 5.92 Å². The Morgan fingerprint density at radius 1 is 0.641 bits per heavy atom. The first-order valence-corrected chi connectivity index (χ1v) is 32.2. The summed E-state index contributed by atoms with van der Waals surface area (Å²) in [4.78, 5) is 116. The molecule has 11 heterocycles. The molecule has 7 aromatic heterocycles. The number of hydrogen-bond acceptors (Lipinski definition) is 35. The maximum absolute atomic E-state index is 14.4. The number of rotatable bonds is 26. The Kier molecular flexibility index (Phi) is 18.5. The molecule has 15 atom stereocenters. The Balaban J connectivity index is 0.756. The zero-order valence-electron chi connectivity index (χ0n) is 48.5. The van der Waals surface area contributed by atoms with Crippen molar-refractivity contribution in [1.29, 1.82) is 0 Å². The third-order valence-electron chi connectivity index (χ3n) is 15.6. The number of phosphoric ester groups is 3. The Bertz CT molecular complexity index is 4180. The fourth-order valence-corrected chi connectivity index (χ4v) is 14.3. The minimum Gasteiger partial charge on any atom is -0.394 e. The molecule has 7 aromatic rings. The summed E-state index contributed by atoms with van der Waals surface area (Å²) in [5.74, 6) is -1.15. The van der Waals surface area contributed by atoms with Crippen LogP contribution in [-0.4, -0.2) is 237 Å². The van der Waals surface area contributed by atoms with Gasteiger partial charge in [0.1, 0.15) is 80.1 Å². The number of allylic oxidation sites excluding steroid dienone is 1. The first-order chi connectivity index (χ1) is 43.9. The number of ether oxygens (including phenoxy) is 4. The van der Waals surface area contributed by atoms with E-state index in [1.807, 2.05) is 6.08 Å². The molecule has 5 aliphatic rings. The summed E-state index contributed by atoms with van der Waals surface area (Å²) < 4.78 is 103. The van der Waals surface area contributed by atoms with Crippen LogP contribution in [0.15, 0.2) is 47.3 Å². The van der Waals surface area contributed by atoms with Gasteiger partial charge in [0.15, 0.2) is 52.5 Å². The number of aliphatic hydroxyl groups is 2. The van der Waals surface area contributed by atoms with Crippen molar-refractivity contribution in [2.24, 2.45) is 5.92 Å². The van der Waals surface area contributed by atoms with Crippen LogP contribution in [0.1, 0.15) is 17.5 Å². The second kappa shape index (κ2) is 26.2. The van der Waals surface area contributed by atoms with Gasteiger partial charge in [0, 0.05) is 52.4 Å². The maximum Gasteiger partial charge on any atom is 0.472 e. The largest absolute Gasteiger partial charge is 0.472 e. The summed E-state index contributed by atoms with van der Waals surface area (Å²) in [5, 5.41) is 24.0. The number of phosphoric acid groups is 3. The van der Waals surface area contributed by atoms with E-state index in [0.29, 0.717) is 28.8 Å². The molecule has 1 aliphatic carbocycles. The molecule has 7 unspecified atom stereocenters. The molecule has 15 N–H and O–H groups in total. The van der Waals surface area contributed by atoms with Gasteiger partial charge in [-0.25, -0.2) is 48.6 Å². The SMILES string of the molecule is CO[C@H]1C(OP(=O)(O)OC[C@H]2CN(CC3=CCc4c(N)ncnc43)CC2OP(=O)(O)OC[C@H]2ON(Cn3cnc4c(=O)[nH]c(N)nc43)[C@@H](OC)C2OP(=O)(O)OC[C@H]2ON(Cn3cnc4c(N)ncnc43)[C@@H](OC)C2O)[C@@H](CO)O[C@H]1n1cnc2c(=O)[nH]c(N)nc21. The van der Waals surface area contributed by atoms with Gasteiger partial charge in [-0.05, 0) is 12.0 Å². The van der Waals surface area contributed by atoms with Crippen molar-refractivity contribution in [2.45, 2.75) is 87.3 Å². The minimum atomic E-state index is -5.35. The molecular weight excluding hydrogens is 1290 g/mol. The molecule has 0 radical (unpaired) electrons. The van der Waals surface area contributed by atoms with Gasteiger partial charge in [0.05, 0.1) is 57.2 Å². The first-order valence-electron chi connectivity index (χ1n) is 27.7. The average Bonchev–Trinajstić information content (AvgIpc) is 1.64. The van der Waals surface area contributed by atoms with Gasteiger partial charge in [-0.3, -0.25) is 75.0 Å². The van der Waals surface area contributed by atoms with Crippen molar-refractivity contribution in [3.05, 3.63) is 69.7 Å². The second-order valence-corrected chi connectivity index (χ2v) is 25.6. The number of H-pyrrole nitrogens is 2. The van der Waals surface area contributed by atoms with E-state index >= 15 is 0 Å². The van der Waals surface area contributed by atoms with Gasteiger partial charge in [-0.15, -0.1) is 10.1 Å². The smallest absolute Gasteiger partial charge is 0.394 e. The summed E-state index contributed by atoms with van der Waals surface area (Å²) in [6.07, 6.45) is -7.02. The van der Waals surface area contributed by atoms with Crippen LogP contribution in [0.4, 0.5) is 23.5 Å². The Labute approximate surface area is 515 Å². The van der Waals surface area contributed by atoms with Gasteiger partial charge in [-0.1, -0.05) is 6.08 Å². The summed E-state index contributed by atoms with van der Waals surface area (Å²) in [5.41, 5.74) is 24.7. The molecule has 4 fully saturated rings. The van der Waals surface area contributed by atoms with E-state index in [0.717, 1.165) is 10.6 Å². The lowest BCUT2D eigenvalue weighted by atomic mass is 10.1. The lowest BCUT2D eigenvalue weighted by Crippen LogP contribution is -2.40. The summed E-state index contributed by atoms with van der Waals surface area (Å²) in [6, 6.07) is 0. The lowest BCUT2D eigenvalue weighted by Gasteiger charge is -2.27. The summed E-state index contributed by atoms with van der Waals surface area (Å²) >= 11 is 0. The molecule has 4 aliphatic heterocycles. The number of aliphatic hydroxyl groups excluding tert-OH is 2. The van der Waals surface area contributed by atoms with Crippen LogP contribution >= 0.6 is 23.5 Å². The summed E-state index contributed by atoms with van der Waals surface area (Å²) in [7, 11) is -12.2. The van der Waals surface area contributed by atoms with Gasteiger partial charge < -0.3 is 66.8 Å². The molecule has 0 bridgehead atoms. The number of nitrogens with two attached hydrogens (primary N) is 4. The molecule has 4 saturated heterocycles. The highest BCUT2D eigenvalue weighted by atomic mass is 31.2. The van der Waals surface area contributed by atoms with Crippen molar-refractivity contribution < 1.29 is 94.4 Å². The number of fused-ring (bicyclic) bond motifs is 4. The zero-order chi connectivity index (χ0) is 65.1. The van der Waals surface area contributed by atoms with Crippen LogP contribution in [0.5, 0.6) is 0 Å². The third-order valence-corrected chi connectivity index (χ3v) is 18.6. The number of aromatic nitrogens is 14. The van der Waals surface area contributed by atoms with Crippen molar-refractivity contribution in [1.82, 2.24) is 83.6 Å². The van der Waals surface area contributed by atoms with Crippen LogP contribution in [0.25, 0.3) is 39.1 Å². The number of methoxy groups -OCH3 is 3. The Morgan fingerprint density at radius 2 is 1.23 bits per heavy atom. The highest BCUT2D eigenvalue weighted by Crippen LogP contribution is 2.53. The number of aromatic amines is 2. The molecule has 0 amide bonds. The Hall–Kier alpha value is -6.84. The number of hydrogen-bond donors (Lipinski definition) is 11. The maximum atomic E-state index is 14.4. The highest BCUT2D eigenvalue weighted by molar-refractivity contribution is 7.48. The number of likely N-dealkylation sites (tertiary alicyclic amines) is 1. The third kappa shape index (κ3) is 13.2. The Morgan fingerprint density at radius 3 is 1.92 bits per heavy atom. The van der Waals surface area contributed by atoms with Crippen molar-refractivity contribution in [2.75, 3.05) is 90.3 Å². The van der Waals surface area contributed by atoms with E-state index in [4.69, 9.17) is 78.7 Å². The molecule has 92 heavy (non-hydrogen) atoms. The zero-order valence-corrected chi connectivity index (χ0v) is 51.2. The van der Waals surface area contributed by atoms with Gasteiger partial charge >= 0.3 is 23.5 Å². The molecule has 12 rings (SSSR count). The van der Waals surface area contributed by atoms with Crippen LogP contribution in [0.3, 0.4) is 0 Å². The fraction of sp³-hybridized carbons (Fsp3) is 0.543. The number of nitrogens with zero attached hydrogens (tertiary/aromatic N) is 15. The fourth-order valence-electron chi connectivity index (χ4n) is 11.4. The van der Waals surface area contributed by atoms with E-state index in [1.54, 1.807) is 4.90 Å². The standard InChI is InChI=1S/C46H62N21O22P3/c1-78-34-32(24(9-68)84-43(34)65-17-57-30-39(65)59-46(50)61-41(30)71)88-91(74,75)81-10-21-7-62(6-20-4-5-22-27(20)51-13-52-35(22)47)8-23(21)87-90(72,73)83-12-26-33(44(80-3)67(86-26)19-64-16-56-29-38(64)58-45(49)60-40(29)70)89-92(76,77)82-11-25-31(69)42(79-2)66(85-25)18-63-15-55-28-36(48)53-14-54-37(28)63/h4,13-17,21,23-26,31-34,42-44,68-69H,5-12,18-19H2,1-3H3,(H,72,73)(H,74,75)(H,76,77)(H2,47,51,52)(H2,48,53,54)(H3,49,58,60,70)(H3,50,59,61,71)/t21-,23?,24-,25-,26-,31?,32?,33?,34+,42+,43-,44+/m1/s1. The lowest BCUT2D eigenvalue weighted by molar-refractivity contribution is -0.229. The number of nitrogen functional groups attached to an aromatic ring is 4. The minimum absolute atomic E-state index is 0.0114. The van der Waals surface area contributed by atoms with Gasteiger partial charge in [0.25, 0.3) is 11.1 Å². The van der Waals surface area contributed by atoms with E-state index in [9.17, 15) is 48.2 Å². The number of anilines is 4. The van der Waals surface area contributed by atoms with E-state index in [-0.39, 0.29) is 72.2 Å². The number of hydroxylamine groups is 4. The van der Waals surface area contributed by atoms with Crippen LogP contribution in [-0.2, 0) is 89.2 Å². The normalized spacial score (nSPS) is 28.4. The highest BCUT2D eigenvalue weighted by Gasteiger charge is 2.53. The van der Waals surface area contributed by atoms with E-state index in [2.05, 4.69) is 54.8 Å². The molecule has 0 spiro atoms. The van der Waals surface area contributed by atoms with Crippen molar-refractivity contribution >= 4 is 86.1 Å². The molecule has 46 heteroatoms. The average molecular weight is 1350 g/mol. The molecule has 498 valence electrons. The van der Waals surface area contributed by atoms with Gasteiger partial charge in [0.2, 0.25) is 11.9 Å². The number of imidazole rings is 3.